The number of nitrogens with one attached hydrogen (secondary N) is 1. The van der Waals surface area contributed by atoms with Gasteiger partial charge in [0.1, 0.15) is 6.61 Å². The molecule has 1 aliphatic rings. The number of aromatic nitrogens is 1. The van der Waals surface area contributed by atoms with E-state index in [9.17, 15) is 9.90 Å². The number of benzene rings is 2. The summed E-state index contributed by atoms with van der Waals surface area (Å²) in [5.41, 5.74) is 5.66. The summed E-state index contributed by atoms with van der Waals surface area (Å²) in [5.74, 6) is -0.0688. The molecule has 0 spiro atoms. The number of carbonyl (C=O) groups is 1. The van der Waals surface area contributed by atoms with Crippen LogP contribution in [-0.4, -0.2) is 35.9 Å². The fourth-order valence-electron chi connectivity index (χ4n) is 3.89. The Morgan fingerprint density at radius 3 is 2.28 bits per heavy atom. The third-order valence-corrected chi connectivity index (χ3v) is 5.36. The maximum Gasteiger partial charge on any atom is 0.407 e. The molecular weight excluding hydrogens is 364 g/mol. The van der Waals surface area contributed by atoms with Crippen LogP contribution < -0.4 is 5.32 Å². The molecular formula is C24H24N2O3. The Labute approximate surface area is 170 Å². The molecule has 148 valence electrons. The number of nitrogens with zero attached hydrogens (tertiary/aromatic N) is 1. The van der Waals surface area contributed by atoms with E-state index >= 15 is 0 Å². The lowest BCUT2D eigenvalue weighted by molar-refractivity contribution is 0.138. The zero-order valence-corrected chi connectivity index (χ0v) is 16.1. The van der Waals surface area contributed by atoms with Crippen molar-refractivity contribution >= 4 is 6.09 Å². The van der Waals surface area contributed by atoms with E-state index < -0.39 is 6.09 Å². The van der Waals surface area contributed by atoms with Crippen LogP contribution in [-0.2, 0) is 11.2 Å². The van der Waals surface area contributed by atoms with E-state index in [1.54, 1.807) is 6.20 Å². The Bertz CT molecular complexity index is 929. The van der Waals surface area contributed by atoms with Gasteiger partial charge in [0, 0.05) is 36.9 Å². The standard InChI is InChI=1S/C24H24N2O3/c27-15-17(13-18-7-5-6-12-25-18)14-26-24(28)29-16-23-21-10-3-1-8-19(21)20-9-2-4-11-22(20)23/h1-12,17,23,27H,13-16H2,(H,26,28). The minimum Gasteiger partial charge on any atom is -0.449 e. The summed E-state index contributed by atoms with van der Waals surface area (Å²) < 4.78 is 5.54. The highest BCUT2D eigenvalue weighted by Gasteiger charge is 2.29. The van der Waals surface area contributed by atoms with Crippen molar-refractivity contribution in [2.45, 2.75) is 12.3 Å². The van der Waals surface area contributed by atoms with Crippen molar-refractivity contribution < 1.29 is 14.6 Å². The highest BCUT2D eigenvalue weighted by Crippen LogP contribution is 2.44. The number of aliphatic hydroxyl groups is 1. The van der Waals surface area contributed by atoms with Crippen LogP contribution in [0, 0.1) is 5.92 Å². The molecule has 1 aromatic heterocycles. The Morgan fingerprint density at radius 2 is 1.66 bits per heavy atom. The molecule has 2 N–H and O–H groups in total. The van der Waals surface area contributed by atoms with Crippen LogP contribution in [0.5, 0.6) is 0 Å². The number of amides is 1. The van der Waals surface area contributed by atoms with Gasteiger partial charge in [0.15, 0.2) is 0 Å². The maximum atomic E-state index is 12.3. The zero-order chi connectivity index (χ0) is 20.1. The lowest BCUT2D eigenvalue weighted by Gasteiger charge is -2.17. The predicted octanol–water partition coefficient (Wildman–Crippen LogP) is 3.77. The van der Waals surface area contributed by atoms with Gasteiger partial charge in [0.25, 0.3) is 0 Å². The van der Waals surface area contributed by atoms with Gasteiger partial charge < -0.3 is 15.2 Å². The lowest BCUT2D eigenvalue weighted by Crippen LogP contribution is -2.33. The average Bonchev–Trinajstić information content (AvgIpc) is 3.09. The highest BCUT2D eigenvalue weighted by molar-refractivity contribution is 5.79. The summed E-state index contributed by atoms with van der Waals surface area (Å²) in [7, 11) is 0. The van der Waals surface area contributed by atoms with Gasteiger partial charge in [-0.1, -0.05) is 54.6 Å². The number of hydrogen-bond acceptors (Lipinski definition) is 4. The zero-order valence-electron chi connectivity index (χ0n) is 16.1. The highest BCUT2D eigenvalue weighted by atomic mass is 16.5. The Kier molecular flexibility index (Phi) is 5.86. The molecule has 0 fully saturated rings. The SMILES string of the molecule is O=C(NCC(CO)Cc1ccccn1)OCC1c2ccccc2-c2ccccc21. The number of aliphatic hydroxyl groups excluding tert-OH is 1. The van der Waals surface area contributed by atoms with Crippen LogP contribution in [0.1, 0.15) is 22.7 Å². The molecule has 1 aliphatic carbocycles. The van der Waals surface area contributed by atoms with Crippen molar-refractivity contribution in [1.82, 2.24) is 10.3 Å². The number of alkyl carbamates (subject to hydrolysis) is 1. The van der Waals surface area contributed by atoms with Crippen molar-refractivity contribution in [2.75, 3.05) is 19.8 Å². The molecule has 1 heterocycles. The fourth-order valence-corrected chi connectivity index (χ4v) is 3.89. The number of hydrogen-bond donors (Lipinski definition) is 2. The minimum absolute atomic E-state index is 0.0275. The molecule has 29 heavy (non-hydrogen) atoms. The minimum atomic E-state index is -0.466. The molecule has 3 aromatic rings. The first-order chi connectivity index (χ1) is 14.3. The van der Waals surface area contributed by atoms with E-state index in [2.05, 4.69) is 34.6 Å². The monoisotopic (exact) mass is 388 g/mol. The van der Waals surface area contributed by atoms with E-state index in [0.29, 0.717) is 13.0 Å². The molecule has 4 rings (SSSR count). The third kappa shape index (κ3) is 4.30. The summed E-state index contributed by atoms with van der Waals surface area (Å²) >= 11 is 0. The van der Waals surface area contributed by atoms with Gasteiger partial charge in [-0.15, -0.1) is 0 Å². The fraction of sp³-hybridized carbons (Fsp3) is 0.250. The molecule has 0 saturated carbocycles. The Morgan fingerprint density at radius 1 is 1.00 bits per heavy atom. The number of rotatable bonds is 7. The molecule has 1 amide bonds. The van der Waals surface area contributed by atoms with E-state index in [0.717, 1.165) is 5.69 Å². The molecule has 1 unspecified atom stereocenters. The Hall–Kier alpha value is -3.18. The van der Waals surface area contributed by atoms with Crippen molar-refractivity contribution in [3.8, 4) is 11.1 Å². The lowest BCUT2D eigenvalue weighted by atomic mass is 9.98. The first-order valence-electron chi connectivity index (χ1n) is 9.86. The third-order valence-electron chi connectivity index (χ3n) is 5.36. The number of ether oxygens (including phenoxy) is 1. The summed E-state index contributed by atoms with van der Waals surface area (Å²) in [6, 6.07) is 22.2. The van der Waals surface area contributed by atoms with Crippen LogP contribution >= 0.6 is 0 Å². The van der Waals surface area contributed by atoms with E-state index in [4.69, 9.17) is 4.74 Å². The van der Waals surface area contributed by atoms with Gasteiger partial charge in [-0.05, 0) is 40.8 Å². The smallest absolute Gasteiger partial charge is 0.407 e. The van der Waals surface area contributed by atoms with Gasteiger partial charge >= 0.3 is 6.09 Å². The normalized spacial score (nSPS) is 13.4. The molecule has 0 radical (unpaired) electrons. The largest absolute Gasteiger partial charge is 0.449 e. The molecule has 1 atom stereocenters. The number of pyridine rings is 1. The topological polar surface area (TPSA) is 71.5 Å². The molecule has 2 aromatic carbocycles. The van der Waals surface area contributed by atoms with Gasteiger partial charge in [-0.3, -0.25) is 4.98 Å². The van der Waals surface area contributed by atoms with E-state index in [1.807, 2.05) is 42.5 Å². The number of carbonyl (C=O) groups excluding carboxylic acids is 1. The van der Waals surface area contributed by atoms with Gasteiger partial charge in [-0.25, -0.2) is 4.79 Å². The van der Waals surface area contributed by atoms with Crippen LogP contribution in [0.3, 0.4) is 0 Å². The first-order valence-corrected chi connectivity index (χ1v) is 9.86. The van der Waals surface area contributed by atoms with Gasteiger partial charge in [0.2, 0.25) is 0 Å². The molecule has 0 bridgehead atoms. The summed E-state index contributed by atoms with van der Waals surface area (Å²) in [6.07, 6.45) is 1.86. The van der Waals surface area contributed by atoms with E-state index in [1.165, 1.54) is 22.3 Å². The van der Waals surface area contributed by atoms with Gasteiger partial charge in [0.05, 0.1) is 0 Å². The average molecular weight is 388 g/mol. The van der Waals surface area contributed by atoms with Crippen LogP contribution in [0.15, 0.2) is 72.9 Å². The predicted molar refractivity (Wildman–Crippen MR) is 112 cm³/mol. The summed E-state index contributed by atoms with van der Waals surface area (Å²) in [6.45, 7) is 0.591. The van der Waals surface area contributed by atoms with Crippen LogP contribution in [0.4, 0.5) is 4.79 Å². The van der Waals surface area contributed by atoms with Crippen molar-refractivity contribution in [2.24, 2.45) is 5.92 Å². The van der Waals surface area contributed by atoms with Crippen molar-refractivity contribution in [3.05, 3.63) is 89.7 Å². The van der Waals surface area contributed by atoms with Crippen molar-refractivity contribution in [3.63, 3.8) is 0 Å². The number of fused-ring (bicyclic) bond motifs is 3. The first kappa shape index (κ1) is 19.2. The maximum absolute atomic E-state index is 12.3. The van der Waals surface area contributed by atoms with Crippen LogP contribution in [0.2, 0.25) is 0 Å². The second-order valence-electron chi connectivity index (χ2n) is 7.28. The summed E-state index contributed by atoms with van der Waals surface area (Å²) in [4.78, 5) is 16.5. The quantitative estimate of drug-likeness (QED) is 0.646. The molecule has 5 nitrogen and oxygen atoms in total. The molecule has 5 heteroatoms. The van der Waals surface area contributed by atoms with Gasteiger partial charge in [-0.2, -0.15) is 0 Å². The molecule has 0 aliphatic heterocycles. The Balaban J connectivity index is 1.34. The second kappa shape index (κ2) is 8.88. The van der Waals surface area contributed by atoms with Crippen LogP contribution in [0.25, 0.3) is 11.1 Å². The summed E-state index contributed by atoms with van der Waals surface area (Å²) in [5, 5.41) is 12.4. The van der Waals surface area contributed by atoms with Crippen molar-refractivity contribution in [1.29, 1.82) is 0 Å². The molecule has 0 saturated heterocycles. The second-order valence-corrected chi connectivity index (χ2v) is 7.28. The van der Waals surface area contributed by atoms with E-state index in [-0.39, 0.29) is 25.0 Å².